The maximum Gasteiger partial charge on any atom is 0.162 e. The van der Waals surface area contributed by atoms with Crippen molar-refractivity contribution < 1.29 is 14.7 Å². The highest BCUT2D eigenvalue weighted by Gasteiger charge is 2.09. The van der Waals surface area contributed by atoms with Crippen LogP contribution in [0.15, 0.2) is 52.1 Å². The van der Waals surface area contributed by atoms with E-state index >= 15 is 0 Å². The number of halogens is 1. The summed E-state index contributed by atoms with van der Waals surface area (Å²) < 4.78 is 11.8. The number of benzene rings is 2. The Balaban J connectivity index is 2.21. The van der Waals surface area contributed by atoms with Crippen LogP contribution in [0.4, 0.5) is 0 Å². The average Bonchev–Trinajstić information content (AvgIpc) is 2.48. The zero-order valence-corrected chi connectivity index (χ0v) is 12.5. The van der Waals surface area contributed by atoms with Crippen molar-refractivity contribution in [2.45, 2.75) is 6.61 Å². The molecular formula is C15H14BrNO3. The summed E-state index contributed by atoms with van der Waals surface area (Å²) in [6.45, 7) is 0.455. The molecule has 2 aromatic rings. The van der Waals surface area contributed by atoms with Crippen LogP contribution in [0.2, 0.25) is 0 Å². The molecule has 0 aromatic heterocycles. The summed E-state index contributed by atoms with van der Waals surface area (Å²) in [5.74, 6) is 1.21. The monoisotopic (exact) mass is 335 g/mol. The lowest BCUT2D eigenvalue weighted by atomic mass is 10.2. The first-order valence-corrected chi connectivity index (χ1v) is 6.75. The Morgan fingerprint density at radius 2 is 1.95 bits per heavy atom. The van der Waals surface area contributed by atoms with Gasteiger partial charge in [-0.2, -0.15) is 0 Å². The fourth-order valence-corrected chi connectivity index (χ4v) is 2.14. The minimum Gasteiger partial charge on any atom is -0.493 e. The van der Waals surface area contributed by atoms with Crippen molar-refractivity contribution in [3.63, 3.8) is 0 Å². The molecule has 0 aliphatic heterocycles. The first kappa shape index (κ1) is 14.4. The number of ether oxygens (including phenoxy) is 2. The third kappa shape index (κ3) is 3.51. The second-order valence-electron chi connectivity index (χ2n) is 4.04. The average molecular weight is 336 g/mol. The van der Waals surface area contributed by atoms with E-state index in [0.717, 1.165) is 10.0 Å². The van der Waals surface area contributed by atoms with Crippen LogP contribution >= 0.6 is 15.9 Å². The van der Waals surface area contributed by atoms with Gasteiger partial charge >= 0.3 is 0 Å². The fraction of sp³-hybridized carbons (Fsp3) is 0.133. The van der Waals surface area contributed by atoms with Crippen molar-refractivity contribution in [3.05, 3.63) is 58.1 Å². The highest BCUT2D eigenvalue weighted by molar-refractivity contribution is 9.10. The largest absolute Gasteiger partial charge is 0.493 e. The predicted octanol–water partition coefficient (Wildman–Crippen LogP) is 3.84. The number of hydrogen-bond acceptors (Lipinski definition) is 4. The van der Waals surface area contributed by atoms with Crippen molar-refractivity contribution in [1.82, 2.24) is 0 Å². The molecule has 2 aromatic carbocycles. The minimum atomic E-state index is 0.455. The van der Waals surface area contributed by atoms with Crippen LogP contribution in [0.5, 0.6) is 11.5 Å². The molecule has 1 N–H and O–H groups in total. The molecule has 0 aliphatic carbocycles. The first-order valence-electron chi connectivity index (χ1n) is 5.96. The molecule has 0 bridgehead atoms. The summed E-state index contributed by atoms with van der Waals surface area (Å²) in [6, 6.07) is 13.4. The third-order valence-electron chi connectivity index (χ3n) is 2.72. The molecule has 0 unspecified atom stereocenters. The standard InChI is InChI=1S/C15H14BrNO3/c1-19-14-7-12(9-17-18)13(16)8-15(14)20-10-11-5-3-2-4-6-11/h2-9,18H,10H2,1H3/b17-9-. The van der Waals surface area contributed by atoms with Gasteiger partial charge in [-0.05, 0) is 33.6 Å². The quantitative estimate of drug-likeness (QED) is 0.513. The van der Waals surface area contributed by atoms with Gasteiger partial charge in [0.05, 0.1) is 13.3 Å². The molecule has 0 saturated heterocycles. The normalized spacial score (nSPS) is 10.7. The van der Waals surface area contributed by atoms with Crippen LogP contribution in [-0.4, -0.2) is 18.5 Å². The smallest absolute Gasteiger partial charge is 0.162 e. The zero-order chi connectivity index (χ0) is 14.4. The molecule has 0 radical (unpaired) electrons. The lowest BCUT2D eigenvalue weighted by molar-refractivity contribution is 0.284. The molecule has 0 saturated carbocycles. The van der Waals surface area contributed by atoms with Gasteiger partial charge in [0, 0.05) is 10.0 Å². The zero-order valence-electron chi connectivity index (χ0n) is 10.9. The van der Waals surface area contributed by atoms with Gasteiger partial charge in [0.25, 0.3) is 0 Å². The van der Waals surface area contributed by atoms with Crippen molar-refractivity contribution in [2.75, 3.05) is 7.11 Å². The van der Waals surface area contributed by atoms with Crippen LogP contribution < -0.4 is 9.47 Å². The maximum atomic E-state index is 8.61. The molecule has 0 fully saturated rings. The van der Waals surface area contributed by atoms with Crippen LogP contribution in [0.25, 0.3) is 0 Å². The maximum absolute atomic E-state index is 8.61. The third-order valence-corrected chi connectivity index (χ3v) is 3.40. The molecule has 5 heteroatoms. The lowest BCUT2D eigenvalue weighted by Crippen LogP contribution is -1.99. The Hall–Kier alpha value is -2.01. The topological polar surface area (TPSA) is 51.0 Å². The van der Waals surface area contributed by atoms with Crippen molar-refractivity contribution in [1.29, 1.82) is 0 Å². The molecule has 2 rings (SSSR count). The molecule has 0 spiro atoms. The number of nitrogens with zero attached hydrogens (tertiary/aromatic N) is 1. The highest BCUT2D eigenvalue weighted by atomic mass is 79.9. The fourth-order valence-electron chi connectivity index (χ4n) is 1.72. The van der Waals surface area contributed by atoms with E-state index in [-0.39, 0.29) is 0 Å². The molecule has 20 heavy (non-hydrogen) atoms. The minimum absolute atomic E-state index is 0.455. The summed E-state index contributed by atoms with van der Waals surface area (Å²) in [7, 11) is 1.57. The first-order chi connectivity index (χ1) is 9.74. The van der Waals surface area contributed by atoms with Gasteiger partial charge < -0.3 is 14.7 Å². The van der Waals surface area contributed by atoms with Crippen molar-refractivity contribution >= 4 is 22.1 Å². The Bertz CT molecular complexity index is 600. The summed E-state index contributed by atoms with van der Waals surface area (Å²) in [6.07, 6.45) is 1.33. The van der Waals surface area contributed by atoms with Gasteiger partial charge in [0.15, 0.2) is 11.5 Å². The molecule has 4 nitrogen and oxygen atoms in total. The molecule has 0 atom stereocenters. The van der Waals surface area contributed by atoms with E-state index in [9.17, 15) is 0 Å². The van der Waals surface area contributed by atoms with Crippen molar-refractivity contribution in [2.24, 2.45) is 5.16 Å². The van der Waals surface area contributed by atoms with Crippen LogP contribution in [0, 0.1) is 0 Å². The Labute approximate surface area is 125 Å². The van der Waals surface area contributed by atoms with E-state index in [0.29, 0.717) is 23.7 Å². The van der Waals surface area contributed by atoms with Gasteiger partial charge in [0.1, 0.15) is 6.61 Å². The molecule has 0 amide bonds. The number of hydrogen-bond donors (Lipinski definition) is 1. The SMILES string of the molecule is COc1cc(/C=N\O)c(Br)cc1OCc1ccccc1. The predicted molar refractivity (Wildman–Crippen MR) is 80.8 cm³/mol. The Morgan fingerprint density at radius 1 is 1.20 bits per heavy atom. The van der Waals surface area contributed by atoms with Crippen molar-refractivity contribution in [3.8, 4) is 11.5 Å². The Kier molecular flexibility index (Phi) is 5.01. The molecule has 0 heterocycles. The van der Waals surface area contributed by atoms with Gasteiger partial charge in [-0.1, -0.05) is 35.5 Å². The molecule has 0 aliphatic rings. The summed E-state index contributed by atoms with van der Waals surface area (Å²) >= 11 is 3.40. The van der Waals surface area contributed by atoms with Gasteiger partial charge in [-0.25, -0.2) is 0 Å². The number of methoxy groups -OCH3 is 1. The van der Waals surface area contributed by atoms with Crippen LogP contribution in [0.1, 0.15) is 11.1 Å². The highest BCUT2D eigenvalue weighted by Crippen LogP contribution is 2.33. The summed E-state index contributed by atoms with van der Waals surface area (Å²) in [4.78, 5) is 0. The number of rotatable bonds is 5. The van der Waals surface area contributed by atoms with E-state index in [1.54, 1.807) is 19.2 Å². The summed E-state index contributed by atoms with van der Waals surface area (Å²) in [5.41, 5.74) is 1.78. The lowest BCUT2D eigenvalue weighted by Gasteiger charge is -2.12. The van der Waals surface area contributed by atoms with Gasteiger partial charge in [-0.15, -0.1) is 0 Å². The second kappa shape index (κ2) is 6.96. The van der Waals surface area contributed by atoms with Crippen LogP contribution in [-0.2, 0) is 6.61 Å². The van der Waals surface area contributed by atoms with E-state index in [2.05, 4.69) is 21.1 Å². The van der Waals surface area contributed by atoms with Crippen LogP contribution in [0.3, 0.4) is 0 Å². The van der Waals surface area contributed by atoms with E-state index in [1.807, 2.05) is 30.3 Å². The molecule has 104 valence electrons. The van der Waals surface area contributed by atoms with Gasteiger partial charge in [0.2, 0.25) is 0 Å². The molecular weight excluding hydrogens is 322 g/mol. The van der Waals surface area contributed by atoms with Gasteiger partial charge in [-0.3, -0.25) is 0 Å². The second-order valence-corrected chi connectivity index (χ2v) is 4.90. The number of oxime groups is 1. The Morgan fingerprint density at radius 3 is 2.60 bits per heavy atom. The summed E-state index contributed by atoms with van der Waals surface area (Å²) in [5, 5.41) is 11.6. The van der Waals surface area contributed by atoms with E-state index < -0.39 is 0 Å². The van der Waals surface area contributed by atoms with E-state index in [1.165, 1.54) is 6.21 Å². The van der Waals surface area contributed by atoms with E-state index in [4.69, 9.17) is 14.7 Å².